The number of rotatable bonds is 6. The number of carbonyl (C=O) groups excluding carboxylic acids is 1. The zero-order chi connectivity index (χ0) is 12.0. The van der Waals surface area contributed by atoms with Crippen molar-refractivity contribution in [2.45, 2.75) is 32.4 Å². The van der Waals surface area contributed by atoms with Gasteiger partial charge < -0.3 is 16.2 Å². The van der Waals surface area contributed by atoms with Crippen molar-refractivity contribution in [3.8, 4) is 0 Å². The van der Waals surface area contributed by atoms with Crippen molar-refractivity contribution in [2.24, 2.45) is 11.7 Å². The Morgan fingerprint density at radius 3 is 2.40 bits per heavy atom. The van der Waals surface area contributed by atoms with Crippen LogP contribution in [-0.2, 0) is 9.59 Å². The van der Waals surface area contributed by atoms with Crippen molar-refractivity contribution in [3.05, 3.63) is 0 Å². The molecule has 0 aliphatic heterocycles. The number of carboxylic acid groups (broad SMARTS) is 1. The minimum Gasteiger partial charge on any atom is -0.480 e. The molecule has 3 atom stereocenters. The number of carbonyl (C=O) groups is 2. The van der Waals surface area contributed by atoms with E-state index >= 15 is 0 Å². The van der Waals surface area contributed by atoms with E-state index in [9.17, 15) is 9.59 Å². The summed E-state index contributed by atoms with van der Waals surface area (Å²) in [6, 6.07) is -1.65. The molecule has 6 heteroatoms. The van der Waals surface area contributed by atoms with Crippen LogP contribution in [0.2, 0.25) is 0 Å². The Balaban J connectivity index is 4.28. The lowest BCUT2D eigenvalue weighted by molar-refractivity contribution is -0.141. The van der Waals surface area contributed by atoms with Gasteiger partial charge in [-0.25, -0.2) is 4.79 Å². The molecule has 0 saturated carbocycles. The van der Waals surface area contributed by atoms with Crippen molar-refractivity contribution in [1.82, 2.24) is 5.32 Å². The molecule has 0 radical (unpaired) electrons. The molecule has 0 aliphatic rings. The molecule has 88 valence electrons. The van der Waals surface area contributed by atoms with Crippen LogP contribution in [0, 0.1) is 5.92 Å². The SMILES string of the molecule is CC[C@H](C)[C@H](N)C(=O)N[C@@H](CS)C(=O)O. The number of thiol groups is 1. The molecule has 1 amide bonds. The van der Waals surface area contributed by atoms with Gasteiger partial charge in [0.15, 0.2) is 0 Å². The minimum atomic E-state index is -1.10. The molecule has 0 rings (SSSR count). The molecule has 5 nitrogen and oxygen atoms in total. The van der Waals surface area contributed by atoms with Crippen molar-refractivity contribution < 1.29 is 14.7 Å². The second-order valence-electron chi connectivity index (χ2n) is 3.49. The van der Waals surface area contributed by atoms with Gasteiger partial charge >= 0.3 is 5.97 Å². The summed E-state index contributed by atoms with van der Waals surface area (Å²) in [7, 11) is 0. The summed E-state index contributed by atoms with van der Waals surface area (Å²) < 4.78 is 0. The van der Waals surface area contributed by atoms with Gasteiger partial charge in [0.25, 0.3) is 0 Å². The number of nitrogens with two attached hydrogens (primary N) is 1. The zero-order valence-electron chi connectivity index (χ0n) is 8.93. The van der Waals surface area contributed by atoms with Crippen molar-refractivity contribution in [2.75, 3.05) is 5.75 Å². The fourth-order valence-electron chi connectivity index (χ4n) is 0.966. The van der Waals surface area contributed by atoms with E-state index in [0.29, 0.717) is 0 Å². The minimum absolute atomic E-state index is 0.0272. The van der Waals surface area contributed by atoms with Gasteiger partial charge in [0, 0.05) is 5.75 Å². The number of hydrogen-bond donors (Lipinski definition) is 4. The van der Waals surface area contributed by atoms with Crippen LogP contribution in [0.15, 0.2) is 0 Å². The average molecular weight is 234 g/mol. The summed E-state index contributed by atoms with van der Waals surface area (Å²) in [5, 5.41) is 11.0. The third kappa shape index (κ3) is 4.53. The number of aliphatic carboxylic acids is 1. The molecule has 15 heavy (non-hydrogen) atoms. The predicted octanol–water partition coefficient (Wildman–Crippen LogP) is -0.141. The summed E-state index contributed by atoms with van der Waals surface area (Å²) in [5.74, 6) is -1.46. The van der Waals surface area contributed by atoms with Crippen LogP contribution in [0.25, 0.3) is 0 Å². The highest BCUT2D eigenvalue weighted by Gasteiger charge is 2.24. The Morgan fingerprint density at radius 2 is 2.07 bits per heavy atom. The van der Waals surface area contributed by atoms with E-state index in [4.69, 9.17) is 10.8 Å². The van der Waals surface area contributed by atoms with Crippen molar-refractivity contribution >= 4 is 24.5 Å². The van der Waals surface area contributed by atoms with E-state index in [1.54, 1.807) is 0 Å². The number of nitrogens with one attached hydrogen (secondary N) is 1. The molecule has 0 unspecified atom stereocenters. The largest absolute Gasteiger partial charge is 0.480 e. The Hall–Kier alpha value is -0.750. The molecule has 0 aromatic heterocycles. The first-order valence-corrected chi connectivity index (χ1v) is 5.46. The van der Waals surface area contributed by atoms with Gasteiger partial charge in [-0.3, -0.25) is 4.79 Å². The van der Waals surface area contributed by atoms with Crippen LogP contribution in [-0.4, -0.2) is 34.8 Å². The van der Waals surface area contributed by atoms with Gasteiger partial charge in [-0.2, -0.15) is 12.6 Å². The maximum absolute atomic E-state index is 11.5. The van der Waals surface area contributed by atoms with Gasteiger partial charge in [-0.1, -0.05) is 20.3 Å². The average Bonchev–Trinajstić information content (AvgIpc) is 2.22. The highest BCUT2D eigenvalue weighted by Crippen LogP contribution is 2.05. The fraction of sp³-hybridized carbons (Fsp3) is 0.778. The highest BCUT2D eigenvalue weighted by molar-refractivity contribution is 7.80. The van der Waals surface area contributed by atoms with E-state index in [1.165, 1.54) is 0 Å². The van der Waals surface area contributed by atoms with Gasteiger partial charge in [0.2, 0.25) is 5.91 Å². The first kappa shape index (κ1) is 14.2. The first-order chi connectivity index (χ1) is 6.93. The summed E-state index contributed by atoms with van der Waals surface area (Å²) in [6.07, 6.45) is 0.771. The molecule has 0 aromatic rings. The summed E-state index contributed by atoms with van der Waals surface area (Å²) in [5.41, 5.74) is 5.64. The van der Waals surface area contributed by atoms with Crippen LogP contribution in [0.5, 0.6) is 0 Å². The lowest BCUT2D eigenvalue weighted by atomic mass is 9.99. The van der Waals surface area contributed by atoms with Crippen molar-refractivity contribution in [1.29, 1.82) is 0 Å². The highest BCUT2D eigenvalue weighted by atomic mass is 32.1. The topological polar surface area (TPSA) is 92.4 Å². The number of carboxylic acids is 1. The molecular formula is C9H18N2O3S. The molecule has 0 spiro atoms. The third-order valence-corrected chi connectivity index (χ3v) is 2.72. The fourth-order valence-corrected chi connectivity index (χ4v) is 1.21. The Bertz CT molecular complexity index is 235. The molecule has 0 bridgehead atoms. The number of amides is 1. The van der Waals surface area contributed by atoms with E-state index in [-0.39, 0.29) is 11.7 Å². The second-order valence-corrected chi connectivity index (χ2v) is 3.86. The standard InChI is InChI=1S/C9H18N2O3S/c1-3-5(2)7(10)8(12)11-6(4-15)9(13)14/h5-7,15H,3-4,10H2,1-2H3,(H,11,12)(H,13,14)/t5-,6-,7-/m0/s1. The lowest BCUT2D eigenvalue weighted by Gasteiger charge is -2.20. The zero-order valence-corrected chi connectivity index (χ0v) is 9.83. The number of hydrogen-bond acceptors (Lipinski definition) is 4. The Kier molecular flexibility index (Phi) is 6.35. The molecule has 4 N–H and O–H groups in total. The van der Waals surface area contributed by atoms with Gasteiger partial charge in [-0.15, -0.1) is 0 Å². The van der Waals surface area contributed by atoms with E-state index in [2.05, 4.69) is 17.9 Å². The first-order valence-electron chi connectivity index (χ1n) is 4.83. The maximum atomic E-state index is 11.5. The quantitative estimate of drug-likeness (QED) is 0.481. The molecule has 0 fully saturated rings. The molecule has 0 aromatic carbocycles. The van der Waals surface area contributed by atoms with Gasteiger partial charge in [0.1, 0.15) is 6.04 Å². The van der Waals surface area contributed by atoms with Crippen molar-refractivity contribution in [3.63, 3.8) is 0 Å². The van der Waals surface area contributed by atoms with E-state index in [0.717, 1.165) is 6.42 Å². The summed E-state index contributed by atoms with van der Waals surface area (Å²) in [4.78, 5) is 22.1. The molecule has 0 aliphatic carbocycles. The molecular weight excluding hydrogens is 216 g/mol. The monoisotopic (exact) mass is 234 g/mol. The Labute approximate surface area is 94.8 Å². The van der Waals surface area contributed by atoms with Crippen LogP contribution in [0.3, 0.4) is 0 Å². The maximum Gasteiger partial charge on any atom is 0.327 e. The molecule has 0 heterocycles. The third-order valence-electron chi connectivity index (χ3n) is 2.36. The lowest BCUT2D eigenvalue weighted by Crippen LogP contribution is -2.51. The second kappa shape index (κ2) is 6.68. The van der Waals surface area contributed by atoms with E-state index in [1.807, 2.05) is 13.8 Å². The Morgan fingerprint density at radius 1 is 1.53 bits per heavy atom. The van der Waals surface area contributed by atoms with Gasteiger partial charge in [0.05, 0.1) is 6.04 Å². The van der Waals surface area contributed by atoms with Crippen LogP contribution < -0.4 is 11.1 Å². The predicted molar refractivity (Wildman–Crippen MR) is 60.8 cm³/mol. The summed E-state index contributed by atoms with van der Waals surface area (Å²) in [6.45, 7) is 3.77. The van der Waals surface area contributed by atoms with E-state index < -0.39 is 24.0 Å². The van der Waals surface area contributed by atoms with Crippen LogP contribution in [0.1, 0.15) is 20.3 Å². The smallest absolute Gasteiger partial charge is 0.327 e. The molecule has 0 saturated heterocycles. The van der Waals surface area contributed by atoms with Crippen LogP contribution >= 0.6 is 12.6 Å². The summed E-state index contributed by atoms with van der Waals surface area (Å²) >= 11 is 3.84. The normalized spacial score (nSPS) is 16.5. The van der Waals surface area contributed by atoms with Gasteiger partial charge in [-0.05, 0) is 5.92 Å². The van der Waals surface area contributed by atoms with Crippen LogP contribution in [0.4, 0.5) is 0 Å².